The van der Waals surface area contributed by atoms with E-state index >= 15 is 0 Å². The van der Waals surface area contributed by atoms with Gasteiger partial charge in [0.2, 0.25) is 0 Å². The summed E-state index contributed by atoms with van der Waals surface area (Å²) in [4.78, 5) is 0. The van der Waals surface area contributed by atoms with Crippen molar-refractivity contribution >= 4 is 21.5 Å². The number of rotatable bonds is 6. The first-order valence-corrected chi connectivity index (χ1v) is 22.8. The van der Waals surface area contributed by atoms with Crippen LogP contribution in [0.2, 0.25) is 0 Å². The number of fused-ring (bicyclic) bond motifs is 2. The van der Waals surface area contributed by atoms with Crippen LogP contribution >= 0.6 is 0 Å². The van der Waals surface area contributed by atoms with E-state index in [1.807, 2.05) is 53.7 Å². The first-order valence-electron chi connectivity index (χ1n) is 22.8. The van der Waals surface area contributed by atoms with Crippen molar-refractivity contribution in [2.75, 3.05) is 0 Å². The van der Waals surface area contributed by atoms with E-state index in [1.165, 1.54) is 90.0 Å². The van der Waals surface area contributed by atoms with Crippen LogP contribution in [0, 0.1) is 13.8 Å². The van der Waals surface area contributed by atoms with Gasteiger partial charge in [-0.15, -0.1) is 0 Å². The van der Waals surface area contributed by atoms with Crippen molar-refractivity contribution in [3.05, 3.63) is 204 Å². The van der Waals surface area contributed by atoms with Gasteiger partial charge in [0.15, 0.2) is 0 Å². The first-order chi connectivity index (χ1) is 30.0. The zero-order valence-electron chi connectivity index (χ0n) is 39.0. The topological polar surface area (TPSA) is 43.9 Å². The van der Waals surface area contributed by atoms with Gasteiger partial charge in [-0.05, 0) is 104 Å². The summed E-state index contributed by atoms with van der Waals surface area (Å²) in [7, 11) is 0. The maximum atomic E-state index is 3.06. The van der Waals surface area contributed by atoms with E-state index in [4.69, 9.17) is 0 Å². The standard InChI is InChI=1S/C28H22.C13H12N2.C8H10.C4H10.3C2H6/c1-19-15-23(27-13-7-10-21-8-3-5-11-25(21)27)18-24(16-19)28-17-20(2)14-22-9-4-6-12-26(22)28;1-2-4-10(5-3-1)11-6-8-12(9-7-11)13-14-15-13;1-2-8-6-4-3-5-7-8;1-3-4-2;3*1-2/h3-18H,1-2H3;1-9,13-15H;3-7H,2H2,1H3;3-4H2,1-2H3;3*1-2H3. The lowest BCUT2D eigenvalue weighted by Gasteiger charge is -2.13. The van der Waals surface area contributed by atoms with Crippen LogP contribution < -0.4 is 10.9 Å². The van der Waals surface area contributed by atoms with Crippen LogP contribution in [0.25, 0.3) is 54.9 Å². The lowest BCUT2D eigenvalue weighted by Crippen LogP contribution is -1.88. The maximum Gasteiger partial charge on any atom is 0.109 e. The molecular weight excluding hydrogens is 737 g/mol. The Kier molecular flexibility index (Phi) is 22.6. The van der Waals surface area contributed by atoms with Gasteiger partial charge in [0.25, 0.3) is 0 Å². The summed E-state index contributed by atoms with van der Waals surface area (Å²) in [5, 5.41) is 5.19. The van der Waals surface area contributed by atoms with Crippen molar-refractivity contribution in [3.63, 3.8) is 0 Å². The largest absolute Gasteiger partial charge is 0.234 e. The molecule has 0 spiro atoms. The normalized spacial score (nSPS) is 10.9. The fourth-order valence-electron chi connectivity index (χ4n) is 6.69. The number of aryl methyl sites for hydroxylation is 3. The van der Waals surface area contributed by atoms with Crippen LogP contribution in [-0.4, -0.2) is 0 Å². The van der Waals surface area contributed by atoms with Gasteiger partial charge in [-0.3, -0.25) is 0 Å². The number of nitrogens with one attached hydrogen (secondary N) is 2. The highest BCUT2D eigenvalue weighted by Crippen LogP contribution is 2.36. The molecule has 61 heavy (non-hydrogen) atoms. The predicted octanol–water partition coefficient (Wildman–Crippen LogP) is 17.5. The molecule has 1 heterocycles. The summed E-state index contributed by atoms with van der Waals surface area (Å²) in [6.45, 7) is 22.9. The van der Waals surface area contributed by atoms with E-state index in [0.717, 1.165) is 6.42 Å². The van der Waals surface area contributed by atoms with Crippen LogP contribution in [0.5, 0.6) is 0 Å². The number of unbranched alkanes of at least 4 members (excludes halogenated alkanes) is 1. The van der Waals surface area contributed by atoms with Gasteiger partial charge in [0.1, 0.15) is 6.17 Å². The van der Waals surface area contributed by atoms with Gasteiger partial charge in [-0.1, -0.05) is 251 Å². The molecule has 1 aliphatic heterocycles. The molecule has 2 heteroatoms. The highest BCUT2D eigenvalue weighted by Gasteiger charge is 2.20. The number of benzene rings is 8. The Morgan fingerprint density at radius 2 is 0.836 bits per heavy atom. The number of hydrazine groups is 1. The molecule has 318 valence electrons. The molecule has 9 rings (SSSR count). The fraction of sp³-hybridized carbons (Fsp3) is 0.254. The molecule has 0 amide bonds. The zero-order valence-corrected chi connectivity index (χ0v) is 39.0. The molecule has 0 radical (unpaired) electrons. The summed E-state index contributed by atoms with van der Waals surface area (Å²) in [6, 6.07) is 64.9. The Hall–Kier alpha value is -5.80. The third-order valence-electron chi connectivity index (χ3n) is 9.89. The van der Waals surface area contributed by atoms with Crippen LogP contribution in [0.4, 0.5) is 0 Å². The van der Waals surface area contributed by atoms with E-state index in [1.54, 1.807) is 0 Å². The summed E-state index contributed by atoms with van der Waals surface area (Å²) >= 11 is 0. The second-order valence-corrected chi connectivity index (χ2v) is 14.2. The van der Waals surface area contributed by atoms with Crippen molar-refractivity contribution in [1.29, 1.82) is 0 Å². The minimum Gasteiger partial charge on any atom is -0.234 e. The minimum absolute atomic E-state index is 0.356. The van der Waals surface area contributed by atoms with Gasteiger partial charge in [0.05, 0.1) is 0 Å². The van der Waals surface area contributed by atoms with Crippen LogP contribution in [0.1, 0.15) is 104 Å². The van der Waals surface area contributed by atoms with Crippen LogP contribution in [0.3, 0.4) is 0 Å². The molecule has 1 fully saturated rings. The quantitative estimate of drug-likeness (QED) is 0.164. The Bertz CT molecular complexity index is 2380. The summed E-state index contributed by atoms with van der Waals surface area (Å²) in [5.41, 5.74) is 19.1. The summed E-state index contributed by atoms with van der Waals surface area (Å²) < 4.78 is 0. The molecule has 0 bridgehead atoms. The number of hydrogen-bond donors (Lipinski definition) is 2. The fourth-order valence-corrected chi connectivity index (χ4v) is 6.69. The van der Waals surface area contributed by atoms with Gasteiger partial charge < -0.3 is 0 Å². The Morgan fingerprint density at radius 1 is 0.377 bits per heavy atom. The Balaban J connectivity index is 0.000000251. The zero-order chi connectivity index (χ0) is 44.4. The Morgan fingerprint density at radius 3 is 1.38 bits per heavy atom. The van der Waals surface area contributed by atoms with Gasteiger partial charge >= 0.3 is 0 Å². The monoisotopic (exact) mass is 809 g/mol. The molecule has 8 aromatic rings. The smallest absolute Gasteiger partial charge is 0.109 e. The van der Waals surface area contributed by atoms with Gasteiger partial charge in [0, 0.05) is 0 Å². The molecule has 2 nitrogen and oxygen atoms in total. The molecule has 0 aliphatic carbocycles. The average Bonchev–Trinajstić information content (AvgIpc) is 4.20. The van der Waals surface area contributed by atoms with Crippen molar-refractivity contribution in [2.45, 2.75) is 102 Å². The van der Waals surface area contributed by atoms with Crippen LogP contribution in [0.15, 0.2) is 182 Å². The molecule has 1 saturated heterocycles. The molecule has 8 aromatic carbocycles. The molecule has 2 N–H and O–H groups in total. The molecule has 0 atom stereocenters. The molecular formula is C59H72N2. The van der Waals surface area contributed by atoms with Gasteiger partial charge in [-0.2, -0.15) is 0 Å². The molecule has 0 saturated carbocycles. The third-order valence-corrected chi connectivity index (χ3v) is 9.89. The SMILES string of the molecule is CC.CC.CC.CCCC.CCc1ccccc1.Cc1cc(-c2cccc3ccccc23)cc(-c2cc(C)cc3ccccc23)c1.c1ccc(-c2ccc(C3NN3)cc2)cc1. The second-order valence-electron chi connectivity index (χ2n) is 14.2. The first kappa shape index (κ1) is 49.6. The van der Waals surface area contributed by atoms with Crippen molar-refractivity contribution in [1.82, 2.24) is 10.9 Å². The second kappa shape index (κ2) is 27.9. The molecule has 0 unspecified atom stereocenters. The van der Waals surface area contributed by atoms with E-state index in [9.17, 15) is 0 Å². The molecule has 0 aromatic heterocycles. The van der Waals surface area contributed by atoms with E-state index in [0.29, 0.717) is 6.17 Å². The number of hydrogen-bond acceptors (Lipinski definition) is 2. The van der Waals surface area contributed by atoms with Crippen molar-refractivity contribution in [3.8, 4) is 33.4 Å². The summed E-state index contributed by atoms with van der Waals surface area (Å²) in [5.74, 6) is 0. The average molecular weight is 809 g/mol. The van der Waals surface area contributed by atoms with Crippen molar-refractivity contribution < 1.29 is 0 Å². The Labute approximate surface area is 370 Å². The lowest BCUT2D eigenvalue weighted by molar-refractivity contribution is 0.886. The van der Waals surface area contributed by atoms with Crippen LogP contribution in [-0.2, 0) is 6.42 Å². The lowest BCUT2D eigenvalue weighted by atomic mass is 9.91. The van der Waals surface area contributed by atoms with E-state index < -0.39 is 0 Å². The van der Waals surface area contributed by atoms with E-state index in [-0.39, 0.29) is 0 Å². The predicted molar refractivity (Wildman–Crippen MR) is 273 cm³/mol. The van der Waals surface area contributed by atoms with Gasteiger partial charge in [-0.25, -0.2) is 10.9 Å². The highest BCUT2D eigenvalue weighted by molar-refractivity contribution is 6.00. The highest BCUT2D eigenvalue weighted by atomic mass is 15.6. The molecule has 1 aliphatic rings. The third kappa shape index (κ3) is 15.3. The maximum absolute atomic E-state index is 3.06. The van der Waals surface area contributed by atoms with Crippen molar-refractivity contribution in [2.24, 2.45) is 0 Å². The van der Waals surface area contributed by atoms with E-state index in [2.05, 4.69) is 215 Å². The summed E-state index contributed by atoms with van der Waals surface area (Å²) in [6.07, 6.45) is 4.13. The minimum atomic E-state index is 0.356.